The zero-order valence-corrected chi connectivity index (χ0v) is 12.2. The molecule has 3 N–H and O–H groups in total. The van der Waals surface area contributed by atoms with Crippen LogP contribution in [-0.4, -0.2) is 7.11 Å². The summed E-state index contributed by atoms with van der Waals surface area (Å²) in [4.78, 5) is 0. The first-order valence-electron chi connectivity index (χ1n) is 6.77. The molecule has 1 rings (SSSR count). The summed E-state index contributed by atoms with van der Waals surface area (Å²) in [7, 11) is 1.46. The highest BCUT2D eigenvalue weighted by molar-refractivity contribution is 5.31. The first-order chi connectivity index (χ1) is 8.97. The number of ether oxygens (including phenoxy) is 1. The number of halogens is 1. The average Bonchev–Trinajstić information content (AvgIpc) is 2.35. The van der Waals surface area contributed by atoms with Crippen LogP contribution in [0.4, 0.5) is 4.39 Å². The molecule has 0 amide bonds. The van der Waals surface area contributed by atoms with E-state index < -0.39 is 0 Å². The second kappa shape index (κ2) is 7.46. The average molecular weight is 268 g/mol. The van der Waals surface area contributed by atoms with Crippen LogP contribution in [0.25, 0.3) is 0 Å². The summed E-state index contributed by atoms with van der Waals surface area (Å²) in [6.07, 6.45) is 2.03. The molecule has 0 aliphatic carbocycles. The maximum absolute atomic E-state index is 13.7. The second-order valence-corrected chi connectivity index (χ2v) is 5.58. The predicted octanol–water partition coefficient (Wildman–Crippen LogP) is 3.41. The topological polar surface area (TPSA) is 47.3 Å². The molecule has 108 valence electrons. The van der Waals surface area contributed by atoms with Crippen LogP contribution in [-0.2, 0) is 0 Å². The van der Waals surface area contributed by atoms with E-state index in [-0.39, 0.29) is 17.6 Å². The van der Waals surface area contributed by atoms with Gasteiger partial charge < -0.3 is 4.74 Å². The molecule has 1 aromatic carbocycles. The zero-order valence-electron chi connectivity index (χ0n) is 12.2. The minimum atomic E-state index is -0.350. The molecule has 0 spiro atoms. The van der Waals surface area contributed by atoms with Gasteiger partial charge >= 0.3 is 0 Å². The first-order valence-corrected chi connectivity index (χ1v) is 6.77. The molecule has 0 fully saturated rings. The van der Waals surface area contributed by atoms with Crippen LogP contribution in [0.5, 0.6) is 5.75 Å². The number of rotatable bonds is 7. The molecule has 0 aromatic heterocycles. The zero-order chi connectivity index (χ0) is 14.4. The third-order valence-corrected chi connectivity index (χ3v) is 3.29. The monoisotopic (exact) mass is 268 g/mol. The van der Waals surface area contributed by atoms with E-state index in [1.54, 1.807) is 6.07 Å². The van der Waals surface area contributed by atoms with E-state index >= 15 is 0 Å². The van der Waals surface area contributed by atoms with E-state index in [0.29, 0.717) is 11.8 Å². The van der Waals surface area contributed by atoms with Crippen LogP contribution in [0, 0.1) is 17.7 Å². The van der Waals surface area contributed by atoms with Crippen LogP contribution < -0.4 is 16.0 Å². The van der Waals surface area contributed by atoms with Crippen LogP contribution >= 0.6 is 0 Å². The standard InChI is InChI=1S/C15H25FN2O/c1-10(2)7-11(3)8-14(18-17)12-5-6-15(19-4)13(16)9-12/h5-6,9-11,14,18H,7-8,17H2,1-4H3. The molecular weight excluding hydrogens is 243 g/mol. The van der Waals surface area contributed by atoms with Gasteiger partial charge in [-0.15, -0.1) is 0 Å². The minimum absolute atomic E-state index is 0.0332. The molecule has 0 saturated carbocycles. The Morgan fingerprint density at radius 2 is 1.95 bits per heavy atom. The van der Waals surface area contributed by atoms with Gasteiger partial charge in [0.05, 0.1) is 7.11 Å². The van der Waals surface area contributed by atoms with E-state index in [9.17, 15) is 4.39 Å². The van der Waals surface area contributed by atoms with Gasteiger partial charge in [-0.25, -0.2) is 4.39 Å². The number of hydrogen-bond donors (Lipinski definition) is 2. The van der Waals surface area contributed by atoms with Gasteiger partial charge in [-0.2, -0.15) is 0 Å². The lowest BCUT2D eigenvalue weighted by Gasteiger charge is -2.22. The molecule has 0 saturated heterocycles. The Morgan fingerprint density at radius 3 is 2.42 bits per heavy atom. The third-order valence-electron chi connectivity index (χ3n) is 3.29. The molecule has 19 heavy (non-hydrogen) atoms. The van der Waals surface area contributed by atoms with Crippen molar-refractivity contribution in [2.24, 2.45) is 17.7 Å². The number of benzene rings is 1. The lowest BCUT2D eigenvalue weighted by Crippen LogP contribution is -2.29. The van der Waals surface area contributed by atoms with Crippen molar-refractivity contribution in [3.8, 4) is 5.75 Å². The number of hydrazine groups is 1. The van der Waals surface area contributed by atoms with Gasteiger partial charge in [0.2, 0.25) is 0 Å². The SMILES string of the molecule is COc1ccc(C(CC(C)CC(C)C)NN)cc1F. The van der Waals surface area contributed by atoms with Crippen LogP contribution in [0.15, 0.2) is 18.2 Å². The van der Waals surface area contributed by atoms with Gasteiger partial charge in [-0.05, 0) is 42.4 Å². The Labute approximate surface area is 115 Å². The molecule has 0 aliphatic rings. The molecule has 3 nitrogen and oxygen atoms in total. The smallest absolute Gasteiger partial charge is 0.165 e. The van der Waals surface area contributed by atoms with Gasteiger partial charge in [0.25, 0.3) is 0 Å². The van der Waals surface area contributed by atoms with E-state index in [1.807, 2.05) is 6.07 Å². The van der Waals surface area contributed by atoms with E-state index in [0.717, 1.165) is 18.4 Å². The van der Waals surface area contributed by atoms with Crippen molar-refractivity contribution in [3.63, 3.8) is 0 Å². The summed E-state index contributed by atoms with van der Waals surface area (Å²) in [5.74, 6) is 6.70. The highest BCUT2D eigenvalue weighted by atomic mass is 19.1. The maximum Gasteiger partial charge on any atom is 0.165 e. The van der Waals surface area contributed by atoms with Crippen molar-refractivity contribution in [2.75, 3.05) is 7.11 Å². The van der Waals surface area contributed by atoms with Crippen molar-refractivity contribution in [1.29, 1.82) is 0 Å². The minimum Gasteiger partial charge on any atom is -0.494 e. The first kappa shape index (κ1) is 15.9. The lowest BCUT2D eigenvalue weighted by atomic mass is 9.90. The van der Waals surface area contributed by atoms with Gasteiger partial charge in [0.1, 0.15) is 0 Å². The summed E-state index contributed by atoms with van der Waals surface area (Å²) in [5.41, 5.74) is 3.64. The Bertz CT molecular complexity index is 396. The third kappa shape index (κ3) is 4.80. The molecule has 2 unspecified atom stereocenters. The van der Waals surface area contributed by atoms with E-state index in [1.165, 1.54) is 13.2 Å². The Balaban J connectivity index is 2.76. The van der Waals surface area contributed by atoms with Crippen molar-refractivity contribution in [2.45, 2.75) is 39.7 Å². The van der Waals surface area contributed by atoms with Crippen molar-refractivity contribution < 1.29 is 9.13 Å². The van der Waals surface area contributed by atoms with E-state index in [4.69, 9.17) is 10.6 Å². The summed E-state index contributed by atoms with van der Waals surface area (Å²) in [6.45, 7) is 6.60. The fourth-order valence-electron chi connectivity index (χ4n) is 2.50. The quantitative estimate of drug-likeness (QED) is 0.588. The molecule has 0 heterocycles. The lowest BCUT2D eigenvalue weighted by molar-refractivity contribution is 0.356. The summed E-state index contributed by atoms with van der Waals surface area (Å²) in [6, 6.07) is 4.96. The van der Waals surface area contributed by atoms with Crippen LogP contribution in [0.1, 0.15) is 45.2 Å². The van der Waals surface area contributed by atoms with Gasteiger partial charge in [0, 0.05) is 6.04 Å². The molecule has 0 radical (unpaired) electrons. The maximum atomic E-state index is 13.7. The Kier molecular flexibility index (Phi) is 6.25. The van der Waals surface area contributed by atoms with Crippen molar-refractivity contribution in [1.82, 2.24) is 5.43 Å². The number of nitrogens with two attached hydrogens (primary N) is 1. The molecule has 2 atom stereocenters. The summed E-state index contributed by atoms with van der Waals surface area (Å²) >= 11 is 0. The highest BCUT2D eigenvalue weighted by Crippen LogP contribution is 2.27. The van der Waals surface area contributed by atoms with E-state index in [2.05, 4.69) is 26.2 Å². The fraction of sp³-hybridized carbons (Fsp3) is 0.600. The number of nitrogens with one attached hydrogen (secondary N) is 1. The van der Waals surface area contributed by atoms with Crippen molar-refractivity contribution >= 4 is 0 Å². The predicted molar refractivity (Wildman–Crippen MR) is 76.3 cm³/mol. The van der Waals surface area contributed by atoms with Gasteiger partial charge in [-0.1, -0.05) is 26.8 Å². The molecule has 4 heteroatoms. The molecule has 0 bridgehead atoms. The van der Waals surface area contributed by atoms with Crippen molar-refractivity contribution in [3.05, 3.63) is 29.6 Å². The molecule has 1 aromatic rings. The largest absolute Gasteiger partial charge is 0.494 e. The normalized spacial score (nSPS) is 14.5. The second-order valence-electron chi connectivity index (χ2n) is 5.58. The Hall–Kier alpha value is -1.13. The molecule has 0 aliphatic heterocycles. The number of hydrogen-bond acceptors (Lipinski definition) is 3. The number of methoxy groups -OCH3 is 1. The fourth-order valence-corrected chi connectivity index (χ4v) is 2.50. The van der Waals surface area contributed by atoms with Gasteiger partial charge in [0.15, 0.2) is 11.6 Å². The van der Waals surface area contributed by atoms with Crippen LogP contribution in [0.2, 0.25) is 0 Å². The molecular formula is C15H25FN2O. The Morgan fingerprint density at radius 1 is 1.26 bits per heavy atom. The summed E-state index contributed by atoms with van der Waals surface area (Å²) in [5, 5.41) is 0. The van der Waals surface area contributed by atoms with Crippen LogP contribution in [0.3, 0.4) is 0 Å². The highest BCUT2D eigenvalue weighted by Gasteiger charge is 2.16. The van der Waals surface area contributed by atoms with Gasteiger partial charge in [-0.3, -0.25) is 11.3 Å². The summed E-state index contributed by atoms with van der Waals surface area (Å²) < 4.78 is 18.6.